The molecule has 0 aromatic heterocycles. The third-order valence-corrected chi connectivity index (χ3v) is 2.98. The average molecular weight is 246 g/mol. The van der Waals surface area contributed by atoms with Gasteiger partial charge in [-0.05, 0) is 23.6 Å². The Morgan fingerprint density at radius 3 is 2.67 bits per heavy atom. The number of rotatable bonds is 2. The summed E-state index contributed by atoms with van der Waals surface area (Å²) in [6.45, 7) is 1.57. The van der Waals surface area contributed by atoms with Gasteiger partial charge in [-0.2, -0.15) is 0 Å². The van der Waals surface area contributed by atoms with Crippen LogP contribution in [0.3, 0.4) is 0 Å². The Kier molecular flexibility index (Phi) is 3.25. The van der Waals surface area contributed by atoms with Gasteiger partial charge in [0.25, 0.3) is 0 Å². The van der Waals surface area contributed by atoms with Crippen molar-refractivity contribution in [2.24, 2.45) is 5.73 Å². The maximum absolute atomic E-state index is 11.8. The fourth-order valence-corrected chi connectivity index (χ4v) is 2.05. The molecule has 1 aromatic carbocycles. The summed E-state index contributed by atoms with van der Waals surface area (Å²) in [5.41, 5.74) is 7.88. The summed E-state index contributed by atoms with van der Waals surface area (Å²) >= 11 is 0. The van der Waals surface area contributed by atoms with E-state index in [1.165, 1.54) is 0 Å². The summed E-state index contributed by atoms with van der Waals surface area (Å²) in [5, 5.41) is 0. The molecule has 0 fully saturated rings. The molecule has 0 radical (unpaired) electrons. The summed E-state index contributed by atoms with van der Waals surface area (Å²) in [4.78, 5) is 35.7. The van der Waals surface area contributed by atoms with Crippen LogP contribution in [0.25, 0.3) is 0 Å². The lowest BCUT2D eigenvalue weighted by Gasteiger charge is -2.27. The Hall–Kier alpha value is -2.01. The second-order valence-electron chi connectivity index (χ2n) is 4.26. The van der Waals surface area contributed by atoms with E-state index in [0.29, 0.717) is 18.7 Å². The van der Waals surface area contributed by atoms with Crippen LogP contribution in [0.2, 0.25) is 0 Å². The fraction of sp³-hybridized carbons (Fsp3) is 0.308. The molecule has 1 aliphatic rings. The van der Waals surface area contributed by atoms with E-state index in [1.807, 2.05) is 6.07 Å². The number of carbonyl (C=O) groups is 3. The second-order valence-corrected chi connectivity index (χ2v) is 4.26. The van der Waals surface area contributed by atoms with Crippen molar-refractivity contribution in [2.75, 3.05) is 4.90 Å². The first kappa shape index (κ1) is 12.4. The summed E-state index contributed by atoms with van der Waals surface area (Å²) < 4.78 is 0. The zero-order chi connectivity index (χ0) is 13.3. The minimum Gasteiger partial charge on any atom is -0.326 e. The van der Waals surface area contributed by atoms with Crippen molar-refractivity contribution >= 4 is 23.3 Å². The van der Waals surface area contributed by atoms with Crippen LogP contribution in [-0.2, 0) is 27.3 Å². The molecule has 0 spiro atoms. The molecule has 0 bridgehead atoms. The van der Waals surface area contributed by atoms with E-state index < -0.39 is 11.7 Å². The van der Waals surface area contributed by atoms with E-state index in [2.05, 4.69) is 0 Å². The maximum atomic E-state index is 11.8. The molecule has 0 saturated heterocycles. The topological polar surface area (TPSA) is 80.5 Å². The lowest BCUT2D eigenvalue weighted by Crippen LogP contribution is -2.43. The van der Waals surface area contributed by atoms with Gasteiger partial charge in [0.15, 0.2) is 0 Å². The van der Waals surface area contributed by atoms with Gasteiger partial charge in [0.1, 0.15) is 0 Å². The molecule has 2 amide bonds. The van der Waals surface area contributed by atoms with Crippen LogP contribution >= 0.6 is 0 Å². The molecule has 5 heteroatoms. The Morgan fingerprint density at radius 2 is 2.06 bits per heavy atom. The smallest absolute Gasteiger partial charge is 0.300 e. The molecule has 2 N–H and O–H groups in total. The third-order valence-electron chi connectivity index (χ3n) is 2.98. The van der Waals surface area contributed by atoms with Gasteiger partial charge >= 0.3 is 5.91 Å². The Balaban J connectivity index is 2.48. The number of anilines is 1. The van der Waals surface area contributed by atoms with Crippen molar-refractivity contribution in [3.05, 3.63) is 29.3 Å². The number of aryl methyl sites for hydroxylation is 1. The number of ketones is 1. The number of carbonyl (C=O) groups excluding carboxylic acids is 3. The number of nitrogens with two attached hydrogens (primary N) is 1. The molecule has 0 unspecified atom stereocenters. The van der Waals surface area contributed by atoms with Crippen molar-refractivity contribution in [2.45, 2.75) is 26.3 Å². The van der Waals surface area contributed by atoms with Crippen LogP contribution in [0.4, 0.5) is 5.69 Å². The molecule has 94 valence electrons. The van der Waals surface area contributed by atoms with Gasteiger partial charge in [0, 0.05) is 19.9 Å². The highest BCUT2D eigenvalue weighted by Crippen LogP contribution is 2.29. The molecule has 2 rings (SSSR count). The van der Waals surface area contributed by atoms with E-state index in [4.69, 9.17) is 5.73 Å². The van der Waals surface area contributed by atoms with Crippen molar-refractivity contribution in [1.29, 1.82) is 0 Å². The average Bonchev–Trinajstić information content (AvgIpc) is 2.37. The van der Waals surface area contributed by atoms with Gasteiger partial charge in [0.2, 0.25) is 11.7 Å². The number of hydrogen-bond acceptors (Lipinski definition) is 4. The van der Waals surface area contributed by atoms with Crippen LogP contribution in [-0.4, -0.2) is 17.6 Å². The first-order valence-corrected chi connectivity index (χ1v) is 5.74. The highest BCUT2D eigenvalue weighted by Gasteiger charge is 2.31. The highest BCUT2D eigenvalue weighted by molar-refractivity contribution is 6.45. The quantitative estimate of drug-likeness (QED) is 0.772. The lowest BCUT2D eigenvalue weighted by molar-refractivity contribution is -0.137. The number of fused-ring (bicyclic) bond motifs is 1. The van der Waals surface area contributed by atoms with E-state index >= 15 is 0 Å². The predicted molar refractivity (Wildman–Crippen MR) is 65.8 cm³/mol. The van der Waals surface area contributed by atoms with E-state index in [0.717, 1.165) is 23.0 Å². The summed E-state index contributed by atoms with van der Waals surface area (Å²) in [7, 11) is 0. The number of Topliss-reactive ketones (excluding diaryl/α,β-unsaturated/α-hetero) is 1. The highest BCUT2D eigenvalue weighted by atomic mass is 16.2. The van der Waals surface area contributed by atoms with Gasteiger partial charge in [-0.15, -0.1) is 0 Å². The van der Waals surface area contributed by atoms with Crippen LogP contribution in [0.5, 0.6) is 0 Å². The minimum atomic E-state index is -0.776. The van der Waals surface area contributed by atoms with Crippen LogP contribution < -0.4 is 10.6 Å². The molecule has 18 heavy (non-hydrogen) atoms. The van der Waals surface area contributed by atoms with Gasteiger partial charge in [-0.1, -0.05) is 12.1 Å². The van der Waals surface area contributed by atoms with Crippen LogP contribution in [0, 0.1) is 0 Å². The number of nitrogens with zero attached hydrogens (tertiary/aromatic N) is 1. The van der Waals surface area contributed by atoms with E-state index in [1.54, 1.807) is 12.1 Å². The summed E-state index contributed by atoms with van der Waals surface area (Å²) in [6.07, 6.45) is 0.809. The van der Waals surface area contributed by atoms with Gasteiger partial charge in [-0.25, -0.2) is 4.90 Å². The van der Waals surface area contributed by atoms with E-state index in [-0.39, 0.29) is 12.3 Å². The summed E-state index contributed by atoms with van der Waals surface area (Å²) in [5.74, 6) is -1.75. The van der Waals surface area contributed by atoms with Crippen molar-refractivity contribution < 1.29 is 14.4 Å². The Morgan fingerprint density at radius 1 is 1.33 bits per heavy atom. The minimum absolute atomic E-state index is 0.236. The monoisotopic (exact) mass is 246 g/mol. The zero-order valence-electron chi connectivity index (χ0n) is 10.1. The number of benzene rings is 1. The van der Waals surface area contributed by atoms with Crippen LogP contribution in [0.15, 0.2) is 18.2 Å². The Labute approximate surface area is 105 Å². The van der Waals surface area contributed by atoms with Gasteiger partial charge in [-0.3, -0.25) is 14.4 Å². The summed E-state index contributed by atoms with van der Waals surface area (Å²) in [6, 6.07) is 5.31. The standard InChI is InChI=1S/C13H14N2O3/c1-8(16)13(18)15-11-4-2-9(7-14)6-10(11)3-5-12(15)17/h2,4,6H,3,5,7,14H2,1H3. The van der Waals surface area contributed by atoms with Crippen LogP contribution in [0.1, 0.15) is 24.5 Å². The predicted octanol–water partition coefficient (Wildman–Crippen LogP) is 0.540. The maximum Gasteiger partial charge on any atom is 0.300 e. The molecule has 1 aliphatic heterocycles. The number of hydrogen-bond donors (Lipinski definition) is 1. The molecule has 1 aromatic rings. The normalized spacial score (nSPS) is 14.3. The Bertz CT molecular complexity index is 537. The second kappa shape index (κ2) is 4.70. The largest absolute Gasteiger partial charge is 0.326 e. The zero-order valence-corrected chi connectivity index (χ0v) is 10.1. The molecular weight excluding hydrogens is 232 g/mol. The molecule has 5 nitrogen and oxygen atoms in total. The molecule has 0 aliphatic carbocycles. The van der Waals surface area contributed by atoms with E-state index in [9.17, 15) is 14.4 Å². The molecular formula is C13H14N2O3. The molecule has 1 heterocycles. The first-order chi connectivity index (χ1) is 8.54. The van der Waals surface area contributed by atoms with Crippen molar-refractivity contribution in [1.82, 2.24) is 0 Å². The van der Waals surface area contributed by atoms with Crippen molar-refractivity contribution in [3.63, 3.8) is 0 Å². The molecule has 0 atom stereocenters. The number of amides is 2. The van der Waals surface area contributed by atoms with Gasteiger partial charge in [0.05, 0.1) is 5.69 Å². The lowest BCUT2D eigenvalue weighted by atomic mass is 9.98. The number of imide groups is 1. The third kappa shape index (κ3) is 2.04. The first-order valence-electron chi connectivity index (χ1n) is 5.74. The molecule has 0 saturated carbocycles. The fourth-order valence-electron chi connectivity index (χ4n) is 2.05. The SMILES string of the molecule is CC(=O)C(=O)N1C(=O)CCc2cc(CN)ccc21. The van der Waals surface area contributed by atoms with Gasteiger partial charge < -0.3 is 5.73 Å². The van der Waals surface area contributed by atoms with Crippen molar-refractivity contribution in [3.8, 4) is 0 Å².